The number of likely N-dealkylation sites (tertiary alicyclic amines) is 1. The van der Waals surface area contributed by atoms with Gasteiger partial charge in [0.05, 0.1) is 11.1 Å². The van der Waals surface area contributed by atoms with Gasteiger partial charge in [-0.2, -0.15) is 0 Å². The van der Waals surface area contributed by atoms with Gasteiger partial charge in [-0.05, 0) is 31.4 Å². The van der Waals surface area contributed by atoms with E-state index in [1.54, 1.807) is 17.0 Å². The van der Waals surface area contributed by atoms with Crippen LogP contribution in [0.15, 0.2) is 12.1 Å². The number of hydrogen-bond donors (Lipinski definition) is 2. The molecule has 2 N–H and O–H groups in total. The predicted molar refractivity (Wildman–Crippen MR) is 79.2 cm³/mol. The Balaban J connectivity index is 2.12. The van der Waals surface area contributed by atoms with E-state index in [4.69, 9.17) is 11.6 Å². The molecule has 1 aliphatic heterocycles. The summed E-state index contributed by atoms with van der Waals surface area (Å²) < 4.78 is 0. The van der Waals surface area contributed by atoms with E-state index in [9.17, 15) is 9.90 Å². The van der Waals surface area contributed by atoms with E-state index in [0.29, 0.717) is 36.8 Å². The molecule has 6 heteroatoms. The number of aromatic nitrogens is 1. The zero-order valence-electron chi connectivity index (χ0n) is 11.6. The summed E-state index contributed by atoms with van der Waals surface area (Å²) in [5, 5.41) is 13.0. The minimum Gasteiger partial charge on any atom is -0.393 e. The minimum absolute atomic E-state index is 0.165. The molecule has 20 heavy (non-hydrogen) atoms. The first-order valence-corrected chi connectivity index (χ1v) is 7.37. The highest BCUT2D eigenvalue weighted by Crippen LogP contribution is 2.20. The van der Waals surface area contributed by atoms with Gasteiger partial charge in [0, 0.05) is 19.6 Å². The first-order valence-electron chi connectivity index (χ1n) is 6.99. The maximum absolute atomic E-state index is 12.4. The molecule has 1 amide bonds. The van der Waals surface area contributed by atoms with Crippen molar-refractivity contribution in [3.63, 3.8) is 0 Å². The van der Waals surface area contributed by atoms with Crippen LogP contribution in [-0.2, 0) is 0 Å². The minimum atomic E-state index is -0.306. The van der Waals surface area contributed by atoms with Crippen LogP contribution < -0.4 is 5.32 Å². The molecule has 2 heterocycles. The van der Waals surface area contributed by atoms with Crippen molar-refractivity contribution in [2.45, 2.75) is 32.3 Å². The zero-order chi connectivity index (χ0) is 14.5. The number of halogens is 1. The molecular formula is C14H20ClN3O2. The lowest BCUT2D eigenvalue weighted by atomic mass is 10.1. The van der Waals surface area contributed by atoms with Crippen LogP contribution in [0.4, 0.5) is 5.82 Å². The smallest absolute Gasteiger partial charge is 0.274 e. The molecule has 0 saturated carbocycles. The van der Waals surface area contributed by atoms with Crippen LogP contribution in [0.1, 0.15) is 36.7 Å². The van der Waals surface area contributed by atoms with E-state index in [2.05, 4.69) is 17.2 Å². The summed E-state index contributed by atoms with van der Waals surface area (Å²) in [5.74, 6) is 0.499. The Kier molecular flexibility index (Phi) is 5.20. The van der Waals surface area contributed by atoms with Crippen LogP contribution in [0.2, 0.25) is 5.02 Å². The van der Waals surface area contributed by atoms with Gasteiger partial charge in [-0.15, -0.1) is 0 Å². The number of piperidine rings is 1. The van der Waals surface area contributed by atoms with Crippen molar-refractivity contribution in [2.24, 2.45) is 0 Å². The SMILES string of the molecule is CCCNc1ccc(Cl)c(C(=O)N2CCC(O)CC2)n1. The second kappa shape index (κ2) is 6.90. The van der Waals surface area contributed by atoms with Crippen molar-refractivity contribution in [2.75, 3.05) is 25.0 Å². The van der Waals surface area contributed by atoms with Crippen LogP contribution in [0, 0.1) is 0 Å². The molecular weight excluding hydrogens is 278 g/mol. The Morgan fingerprint density at radius 1 is 1.50 bits per heavy atom. The maximum atomic E-state index is 12.4. The number of aliphatic hydroxyl groups is 1. The van der Waals surface area contributed by atoms with Gasteiger partial charge in [0.15, 0.2) is 0 Å². The molecule has 110 valence electrons. The Hall–Kier alpha value is -1.33. The topological polar surface area (TPSA) is 65.5 Å². The van der Waals surface area contributed by atoms with Gasteiger partial charge >= 0.3 is 0 Å². The maximum Gasteiger partial charge on any atom is 0.274 e. The molecule has 2 rings (SSSR count). The summed E-state index contributed by atoms with van der Waals surface area (Å²) in [4.78, 5) is 18.4. The van der Waals surface area contributed by atoms with Crippen LogP contribution >= 0.6 is 11.6 Å². The van der Waals surface area contributed by atoms with Gasteiger partial charge < -0.3 is 15.3 Å². The summed E-state index contributed by atoms with van der Waals surface area (Å²) in [6.45, 7) is 3.96. The van der Waals surface area contributed by atoms with Crippen molar-refractivity contribution in [1.29, 1.82) is 0 Å². The molecule has 0 bridgehead atoms. The molecule has 1 aromatic heterocycles. The van der Waals surface area contributed by atoms with Gasteiger partial charge in [0.25, 0.3) is 5.91 Å². The predicted octanol–water partition coefficient (Wildman–Crippen LogP) is 2.15. The monoisotopic (exact) mass is 297 g/mol. The van der Waals surface area contributed by atoms with Crippen LogP contribution in [-0.4, -0.2) is 46.6 Å². The van der Waals surface area contributed by atoms with E-state index >= 15 is 0 Å². The number of pyridine rings is 1. The van der Waals surface area contributed by atoms with Crippen molar-refractivity contribution in [1.82, 2.24) is 9.88 Å². The number of rotatable bonds is 4. The normalized spacial score (nSPS) is 16.2. The number of nitrogens with zero attached hydrogens (tertiary/aromatic N) is 2. The van der Waals surface area contributed by atoms with E-state index in [0.717, 1.165) is 13.0 Å². The summed E-state index contributed by atoms with van der Waals surface area (Å²) in [6, 6.07) is 3.47. The molecule has 1 aromatic rings. The second-order valence-electron chi connectivity index (χ2n) is 4.98. The molecule has 0 aromatic carbocycles. The average molecular weight is 298 g/mol. The largest absolute Gasteiger partial charge is 0.393 e. The first-order chi connectivity index (χ1) is 9.61. The quantitative estimate of drug-likeness (QED) is 0.894. The summed E-state index contributed by atoms with van der Waals surface area (Å²) >= 11 is 6.09. The molecule has 1 fully saturated rings. The fourth-order valence-electron chi connectivity index (χ4n) is 2.16. The van der Waals surface area contributed by atoms with E-state index in [1.807, 2.05) is 0 Å². The fraction of sp³-hybridized carbons (Fsp3) is 0.571. The third-order valence-electron chi connectivity index (χ3n) is 3.36. The Morgan fingerprint density at radius 2 is 2.20 bits per heavy atom. The lowest BCUT2D eigenvalue weighted by Crippen LogP contribution is -2.40. The number of aliphatic hydroxyl groups excluding tert-OH is 1. The lowest BCUT2D eigenvalue weighted by Gasteiger charge is -2.29. The molecule has 0 unspecified atom stereocenters. The van der Waals surface area contributed by atoms with Crippen molar-refractivity contribution < 1.29 is 9.90 Å². The number of carbonyl (C=O) groups excluding carboxylic acids is 1. The van der Waals surface area contributed by atoms with E-state index in [-0.39, 0.29) is 17.7 Å². The average Bonchev–Trinajstić information content (AvgIpc) is 2.46. The Bertz CT molecular complexity index is 473. The van der Waals surface area contributed by atoms with Gasteiger partial charge in [-0.25, -0.2) is 4.98 Å². The number of hydrogen-bond acceptors (Lipinski definition) is 4. The molecule has 0 radical (unpaired) electrons. The zero-order valence-corrected chi connectivity index (χ0v) is 12.4. The highest BCUT2D eigenvalue weighted by atomic mass is 35.5. The third kappa shape index (κ3) is 3.61. The number of nitrogens with one attached hydrogen (secondary N) is 1. The van der Waals surface area contributed by atoms with Crippen molar-refractivity contribution >= 4 is 23.3 Å². The van der Waals surface area contributed by atoms with Crippen LogP contribution in [0.3, 0.4) is 0 Å². The van der Waals surface area contributed by atoms with Crippen LogP contribution in [0.5, 0.6) is 0 Å². The molecule has 1 saturated heterocycles. The highest BCUT2D eigenvalue weighted by Gasteiger charge is 2.25. The Labute approximate surface area is 123 Å². The van der Waals surface area contributed by atoms with Crippen LogP contribution in [0.25, 0.3) is 0 Å². The second-order valence-corrected chi connectivity index (χ2v) is 5.38. The highest BCUT2D eigenvalue weighted by molar-refractivity contribution is 6.33. The summed E-state index contributed by atoms with van der Waals surface area (Å²) in [5.41, 5.74) is 0.282. The van der Waals surface area contributed by atoms with Gasteiger partial charge in [0.1, 0.15) is 11.5 Å². The molecule has 1 aliphatic rings. The van der Waals surface area contributed by atoms with Crippen molar-refractivity contribution in [3.8, 4) is 0 Å². The van der Waals surface area contributed by atoms with E-state index in [1.165, 1.54) is 0 Å². The fourth-order valence-corrected chi connectivity index (χ4v) is 2.35. The first kappa shape index (κ1) is 15.1. The molecule has 0 aliphatic carbocycles. The van der Waals surface area contributed by atoms with Gasteiger partial charge in [0.2, 0.25) is 0 Å². The molecule has 0 spiro atoms. The third-order valence-corrected chi connectivity index (χ3v) is 3.66. The number of amides is 1. The van der Waals surface area contributed by atoms with Gasteiger partial charge in [-0.1, -0.05) is 18.5 Å². The lowest BCUT2D eigenvalue weighted by molar-refractivity contribution is 0.0542. The number of anilines is 1. The standard InChI is InChI=1S/C14H20ClN3O2/c1-2-7-16-12-4-3-11(15)13(17-12)14(20)18-8-5-10(19)6-9-18/h3-4,10,19H,2,5-9H2,1H3,(H,16,17). The Morgan fingerprint density at radius 3 is 2.85 bits per heavy atom. The summed E-state index contributed by atoms with van der Waals surface area (Å²) in [6.07, 6.45) is 1.89. The summed E-state index contributed by atoms with van der Waals surface area (Å²) in [7, 11) is 0. The number of carbonyl (C=O) groups is 1. The molecule has 0 atom stereocenters. The van der Waals surface area contributed by atoms with E-state index < -0.39 is 0 Å². The van der Waals surface area contributed by atoms with Gasteiger partial charge in [-0.3, -0.25) is 4.79 Å². The van der Waals surface area contributed by atoms with Crippen molar-refractivity contribution in [3.05, 3.63) is 22.8 Å². The molecule has 5 nitrogen and oxygen atoms in total.